The molecular formula is C20H13NO2S. The van der Waals surface area contributed by atoms with Crippen LogP contribution in [0.5, 0.6) is 0 Å². The second kappa shape index (κ2) is 5.16. The summed E-state index contributed by atoms with van der Waals surface area (Å²) < 4.78 is 0. The lowest BCUT2D eigenvalue weighted by atomic mass is 9.76. The van der Waals surface area contributed by atoms with E-state index in [9.17, 15) is 9.59 Å². The molecule has 0 radical (unpaired) electrons. The summed E-state index contributed by atoms with van der Waals surface area (Å²) >= 11 is 5.12. The summed E-state index contributed by atoms with van der Waals surface area (Å²) in [5.74, 6) is -0.319. The van der Waals surface area contributed by atoms with Gasteiger partial charge in [-0.25, -0.2) is 0 Å². The van der Waals surface area contributed by atoms with Crippen LogP contribution in [0.15, 0.2) is 66.8 Å². The van der Waals surface area contributed by atoms with Gasteiger partial charge in [-0.1, -0.05) is 66.8 Å². The molecule has 2 N–H and O–H groups in total. The maximum atomic E-state index is 13.0. The van der Waals surface area contributed by atoms with E-state index < -0.39 is 5.54 Å². The molecule has 2 aromatic carbocycles. The first-order valence-electron chi connectivity index (χ1n) is 7.54. The van der Waals surface area contributed by atoms with Gasteiger partial charge in [0.2, 0.25) is 0 Å². The SMILES string of the molecule is NC1(c2cccc3c2C(=O)c2ccccc2C3=O)C=CC(=S)C=C1. The van der Waals surface area contributed by atoms with Gasteiger partial charge in [0.05, 0.1) is 5.54 Å². The molecule has 0 aliphatic heterocycles. The van der Waals surface area contributed by atoms with E-state index in [-0.39, 0.29) is 11.6 Å². The highest BCUT2D eigenvalue weighted by molar-refractivity contribution is 7.81. The van der Waals surface area contributed by atoms with Crippen LogP contribution in [0.1, 0.15) is 37.4 Å². The number of allylic oxidation sites excluding steroid dienone is 2. The molecule has 4 heteroatoms. The van der Waals surface area contributed by atoms with Gasteiger partial charge in [-0.05, 0) is 17.7 Å². The molecule has 0 heterocycles. The zero-order valence-corrected chi connectivity index (χ0v) is 13.5. The Bertz CT molecular complexity index is 969. The van der Waals surface area contributed by atoms with Crippen LogP contribution in [-0.4, -0.2) is 16.4 Å². The molecule has 0 bridgehead atoms. The van der Waals surface area contributed by atoms with Gasteiger partial charge in [0.25, 0.3) is 0 Å². The van der Waals surface area contributed by atoms with Crippen LogP contribution in [0, 0.1) is 0 Å². The highest BCUT2D eigenvalue weighted by atomic mass is 32.1. The van der Waals surface area contributed by atoms with Crippen LogP contribution in [0.4, 0.5) is 0 Å². The molecule has 0 unspecified atom stereocenters. The van der Waals surface area contributed by atoms with E-state index in [4.69, 9.17) is 18.0 Å². The van der Waals surface area contributed by atoms with Crippen molar-refractivity contribution in [2.75, 3.05) is 0 Å². The lowest BCUT2D eigenvalue weighted by Gasteiger charge is -2.29. The van der Waals surface area contributed by atoms with Crippen LogP contribution in [0.2, 0.25) is 0 Å². The summed E-state index contributed by atoms with van der Waals surface area (Å²) in [6.07, 6.45) is 7.03. The highest BCUT2D eigenvalue weighted by Crippen LogP contribution is 2.35. The molecule has 3 nitrogen and oxygen atoms in total. The normalized spacial score (nSPS) is 17.6. The van der Waals surface area contributed by atoms with Gasteiger partial charge in [-0.15, -0.1) is 0 Å². The Hall–Kier alpha value is -2.69. The molecule has 0 spiro atoms. The van der Waals surface area contributed by atoms with Gasteiger partial charge in [-0.2, -0.15) is 0 Å². The fraction of sp³-hybridized carbons (Fsp3) is 0.0500. The average molecular weight is 331 g/mol. The number of nitrogens with two attached hydrogens (primary N) is 1. The predicted octanol–water partition coefficient (Wildman–Crippen LogP) is 3.11. The Morgan fingerprint density at radius 3 is 2.04 bits per heavy atom. The van der Waals surface area contributed by atoms with Gasteiger partial charge in [0.1, 0.15) is 0 Å². The average Bonchev–Trinajstić information content (AvgIpc) is 2.62. The first-order valence-corrected chi connectivity index (χ1v) is 7.95. The number of benzene rings is 2. The number of thiocarbonyl (C=S) groups is 1. The second-order valence-corrected chi connectivity index (χ2v) is 6.41. The third-order valence-corrected chi connectivity index (χ3v) is 4.74. The Morgan fingerprint density at radius 2 is 1.38 bits per heavy atom. The van der Waals surface area contributed by atoms with E-state index in [0.717, 1.165) is 0 Å². The summed E-state index contributed by atoms with van der Waals surface area (Å²) in [5, 5.41) is 0. The smallest absolute Gasteiger partial charge is 0.194 e. The Labute approximate surface area is 144 Å². The Kier molecular flexibility index (Phi) is 3.20. The summed E-state index contributed by atoms with van der Waals surface area (Å²) in [5.41, 5.74) is 7.79. The van der Waals surface area contributed by atoms with Gasteiger partial charge < -0.3 is 5.73 Å². The zero-order chi connectivity index (χ0) is 16.9. The molecule has 24 heavy (non-hydrogen) atoms. The number of hydrogen-bond donors (Lipinski definition) is 1. The van der Waals surface area contributed by atoms with Crippen molar-refractivity contribution in [3.05, 3.63) is 94.6 Å². The minimum Gasteiger partial charge on any atom is -0.315 e. The maximum Gasteiger partial charge on any atom is 0.194 e. The fourth-order valence-electron chi connectivity index (χ4n) is 3.24. The van der Waals surface area contributed by atoms with Crippen molar-refractivity contribution in [2.24, 2.45) is 5.73 Å². The second-order valence-electron chi connectivity index (χ2n) is 5.93. The monoisotopic (exact) mass is 331 g/mol. The molecule has 0 aromatic heterocycles. The van der Waals surface area contributed by atoms with Crippen LogP contribution in [0.3, 0.4) is 0 Å². The lowest BCUT2D eigenvalue weighted by Crippen LogP contribution is -2.37. The summed E-state index contributed by atoms with van der Waals surface area (Å²) in [4.78, 5) is 26.5. The number of ketones is 2. The molecule has 0 saturated heterocycles. The van der Waals surface area contributed by atoms with E-state index in [2.05, 4.69) is 0 Å². The largest absolute Gasteiger partial charge is 0.315 e. The van der Waals surface area contributed by atoms with Crippen LogP contribution < -0.4 is 5.73 Å². The molecule has 0 fully saturated rings. The number of carbonyl (C=O) groups excluding carboxylic acids is 2. The molecule has 0 saturated carbocycles. The maximum absolute atomic E-state index is 13.0. The van der Waals surface area contributed by atoms with Crippen molar-refractivity contribution in [1.29, 1.82) is 0 Å². The standard InChI is InChI=1S/C20H13NO2S/c21-20(10-8-12(24)9-11-20)16-7-3-6-15-17(16)19(23)14-5-2-1-4-13(14)18(15)22/h1-11H,21H2. The minimum atomic E-state index is -0.962. The third-order valence-electron chi connectivity index (χ3n) is 4.47. The van der Waals surface area contributed by atoms with Crippen molar-refractivity contribution in [3.63, 3.8) is 0 Å². The van der Waals surface area contributed by atoms with Crippen molar-refractivity contribution in [2.45, 2.75) is 5.54 Å². The van der Waals surface area contributed by atoms with Crippen LogP contribution in [0.25, 0.3) is 0 Å². The van der Waals surface area contributed by atoms with Crippen molar-refractivity contribution in [3.8, 4) is 0 Å². The molecule has 2 aliphatic rings. The third kappa shape index (κ3) is 2.04. The van der Waals surface area contributed by atoms with Crippen molar-refractivity contribution in [1.82, 2.24) is 0 Å². The van der Waals surface area contributed by atoms with Gasteiger partial charge in [-0.3, -0.25) is 9.59 Å². The Morgan fingerprint density at radius 1 is 0.792 bits per heavy atom. The molecule has 0 amide bonds. The summed E-state index contributed by atoms with van der Waals surface area (Å²) in [6, 6.07) is 12.1. The van der Waals surface area contributed by atoms with Gasteiger partial charge >= 0.3 is 0 Å². The van der Waals surface area contributed by atoms with E-state index in [0.29, 0.717) is 32.7 Å². The first-order chi connectivity index (χ1) is 11.5. The van der Waals surface area contributed by atoms with Crippen molar-refractivity contribution >= 4 is 28.6 Å². The molecule has 116 valence electrons. The summed E-state index contributed by atoms with van der Waals surface area (Å²) in [6.45, 7) is 0. The molecule has 2 aliphatic carbocycles. The number of rotatable bonds is 1. The van der Waals surface area contributed by atoms with Crippen LogP contribution in [-0.2, 0) is 5.54 Å². The fourth-order valence-corrected chi connectivity index (χ4v) is 3.37. The van der Waals surface area contributed by atoms with E-state index >= 15 is 0 Å². The van der Waals surface area contributed by atoms with E-state index in [1.807, 2.05) is 0 Å². The molecular weight excluding hydrogens is 318 g/mol. The van der Waals surface area contributed by atoms with Gasteiger partial charge in [0, 0.05) is 27.1 Å². The molecule has 4 rings (SSSR count). The molecule has 0 atom stereocenters. The number of carbonyl (C=O) groups is 2. The molecule has 2 aromatic rings. The van der Waals surface area contributed by atoms with E-state index in [1.54, 1.807) is 66.8 Å². The zero-order valence-electron chi connectivity index (χ0n) is 12.7. The topological polar surface area (TPSA) is 60.2 Å². The summed E-state index contributed by atoms with van der Waals surface area (Å²) in [7, 11) is 0. The van der Waals surface area contributed by atoms with Crippen LogP contribution >= 0.6 is 12.2 Å². The van der Waals surface area contributed by atoms with Gasteiger partial charge in [0.15, 0.2) is 11.6 Å². The number of fused-ring (bicyclic) bond motifs is 2. The number of hydrogen-bond acceptors (Lipinski definition) is 4. The van der Waals surface area contributed by atoms with Crippen molar-refractivity contribution < 1.29 is 9.59 Å². The van der Waals surface area contributed by atoms with E-state index in [1.165, 1.54) is 0 Å². The quantitative estimate of drug-likeness (QED) is 0.696. The lowest BCUT2D eigenvalue weighted by molar-refractivity contribution is 0.0978. The minimum absolute atomic E-state index is 0.148. The Balaban J connectivity index is 1.97. The first kappa shape index (κ1) is 14.9. The predicted molar refractivity (Wildman–Crippen MR) is 96.5 cm³/mol. The highest BCUT2D eigenvalue weighted by Gasteiger charge is 2.36.